The molecular formula is C15H19N3O. The van der Waals surface area contributed by atoms with E-state index in [4.69, 9.17) is 0 Å². The zero-order chi connectivity index (χ0) is 13.2. The van der Waals surface area contributed by atoms with Gasteiger partial charge in [0.05, 0.1) is 5.69 Å². The number of hydrogen-bond donors (Lipinski definition) is 0. The van der Waals surface area contributed by atoms with E-state index >= 15 is 0 Å². The molecule has 4 nitrogen and oxygen atoms in total. The van der Waals surface area contributed by atoms with Crippen molar-refractivity contribution in [3.05, 3.63) is 46.5 Å². The second-order valence-electron chi connectivity index (χ2n) is 5.47. The van der Waals surface area contributed by atoms with E-state index in [1.54, 1.807) is 16.7 Å². The topological polar surface area (TPSA) is 37.6 Å². The van der Waals surface area contributed by atoms with Gasteiger partial charge in [-0.05, 0) is 44.0 Å². The first-order valence-corrected chi connectivity index (χ1v) is 6.92. The predicted molar refractivity (Wildman–Crippen MR) is 75.1 cm³/mol. The maximum Gasteiger partial charge on any atom is 0.258 e. The van der Waals surface area contributed by atoms with Gasteiger partial charge in [0.25, 0.3) is 5.56 Å². The summed E-state index contributed by atoms with van der Waals surface area (Å²) in [7, 11) is 0. The fourth-order valence-corrected chi connectivity index (χ4v) is 2.63. The van der Waals surface area contributed by atoms with E-state index in [-0.39, 0.29) is 5.56 Å². The van der Waals surface area contributed by atoms with Crippen molar-refractivity contribution in [2.45, 2.75) is 26.3 Å². The number of hydrogen-bond acceptors (Lipinski definition) is 3. The van der Waals surface area contributed by atoms with E-state index in [1.165, 1.54) is 12.8 Å². The third kappa shape index (κ3) is 2.68. The predicted octanol–water partition coefficient (Wildman–Crippen LogP) is 1.93. The molecule has 19 heavy (non-hydrogen) atoms. The molecule has 0 saturated carbocycles. The summed E-state index contributed by atoms with van der Waals surface area (Å²) in [6.07, 6.45) is 4.25. The Bertz CT molecular complexity index is 627. The molecule has 4 heteroatoms. The monoisotopic (exact) mass is 257 g/mol. The van der Waals surface area contributed by atoms with Crippen molar-refractivity contribution in [3.8, 4) is 0 Å². The van der Waals surface area contributed by atoms with Gasteiger partial charge in [-0.25, -0.2) is 4.98 Å². The van der Waals surface area contributed by atoms with E-state index in [0.29, 0.717) is 0 Å². The second kappa shape index (κ2) is 5.13. The van der Waals surface area contributed by atoms with Crippen LogP contribution in [-0.2, 0) is 6.54 Å². The molecule has 100 valence electrons. The lowest BCUT2D eigenvalue weighted by Crippen LogP contribution is -2.33. The van der Waals surface area contributed by atoms with Crippen molar-refractivity contribution >= 4 is 5.65 Å². The highest BCUT2D eigenvalue weighted by Crippen LogP contribution is 2.17. The Labute approximate surface area is 112 Å². The SMILES string of the molecule is CC1CCN(Cc2cc(=O)n3ccccc3n2)CC1. The summed E-state index contributed by atoms with van der Waals surface area (Å²) in [6, 6.07) is 7.30. The highest BCUT2D eigenvalue weighted by atomic mass is 16.1. The lowest BCUT2D eigenvalue weighted by atomic mass is 9.99. The fourth-order valence-electron chi connectivity index (χ4n) is 2.63. The van der Waals surface area contributed by atoms with Gasteiger partial charge in [-0.3, -0.25) is 14.1 Å². The Morgan fingerprint density at radius 1 is 1.32 bits per heavy atom. The molecule has 0 unspecified atom stereocenters. The minimum Gasteiger partial charge on any atom is -0.297 e. The van der Waals surface area contributed by atoms with E-state index in [0.717, 1.165) is 36.9 Å². The average Bonchev–Trinajstić information content (AvgIpc) is 2.42. The number of nitrogens with zero attached hydrogens (tertiary/aromatic N) is 3. The molecule has 0 amide bonds. The Hall–Kier alpha value is -1.68. The van der Waals surface area contributed by atoms with Gasteiger partial charge in [-0.1, -0.05) is 13.0 Å². The normalized spacial score (nSPS) is 17.9. The zero-order valence-electron chi connectivity index (χ0n) is 11.2. The van der Waals surface area contributed by atoms with Gasteiger partial charge in [0.1, 0.15) is 5.65 Å². The van der Waals surface area contributed by atoms with Gasteiger partial charge in [-0.15, -0.1) is 0 Å². The van der Waals surface area contributed by atoms with Gasteiger partial charge in [0.15, 0.2) is 0 Å². The molecule has 1 fully saturated rings. The molecule has 0 bridgehead atoms. The number of likely N-dealkylation sites (tertiary alicyclic amines) is 1. The molecule has 0 radical (unpaired) electrons. The van der Waals surface area contributed by atoms with Crippen molar-refractivity contribution in [3.63, 3.8) is 0 Å². The van der Waals surface area contributed by atoms with Crippen LogP contribution in [0, 0.1) is 5.92 Å². The van der Waals surface area contributed by atoms with Crippen LogP contribution < -0.4 is 5.56 Å². The zero-order valence-corrected chi connectivity index (χ0v) is 11.2. The lowest BCUT2D eigenvalue weighted by molar-refractivity contribution is 0.183. The van der Waals surface area contributed by atoms with Crippen LogP contribution in [-0.4, -0.2) is 27.4 Å². The summed E-state index contributed by atoms with van der Waals surface area (Å²) in [4.78, 5) is 19.0. The standard InChI is InChI=1S/C15H19N3O/c1-12-5-8-17(9-6-12)11-13-10-15(19)18-7-3-2-4-14(18)16-13/h2-4,7,10,12H,5-6,8-9,11H2,1H3. The second-order valence-corrected chi connectivity index (χ2v) is 5.47. The van der Waals surface area contributed by atoms with Crippen molar-refractivity contribution in [1.82, 2.24) is 14.3 Å². The van der Waals surface area contributed by atoms with E-state index in [9.17, 15) is 4.79 Å². The van der Waals surface area contributed by atoms with Gasteiger partial charge >= 0.3 is 0 Å². The maximum atomic E-state index is 12.0. The van der Waals surface area contributed by atoms with Crippen molar-refractivity contribution < 1.29 is 0 Å². The molecule has 0 aliphatic carbocycles. The Morgan fingerprint density at radius 2 is 2.11 bits per heavy atom. The van der Waals surface area contributed by atoms with Crippen molar-refractivity contribution in [2.75, 3.05) is 13.1 Å². The van der Waals surface area contributed by atoms with E-state index in [1.807, 2.05) is 18.2 Å². The van der Waals surface area contributed by atoms with Crippen LogP contribution in [0.25, 0.3) is 5.65 Å². The number of aromatic nitrogens is 2. The summed E-state index contributed by atoms with van der Waals surface area (Å²) in [5.41, 5.74) is 1.62. The minimum atomic E-state index is 0.00553. The smallest absolute Gasteiger partial charge is 0.258 e. The molecule has 0 N–H and O–H groups in total. The molecule has 0 spiro atoms. The molecule has 1 aliphatic heterocycles. The third-order valence-electron chi connectivity index (χ3n) is 3.89. The largest absolute Gasteiger partial charge is 0.297 e. The number of fused-ring (bicyclic) bond motifs is 1. The molecule has 0 aromatic carbocycles. The lowest BCUT2D eigenvalue weighted by Gasteiger charge is -2.29. The van der Waals surface area contributed by atoms with Gasteiger partial charge in [0, 0.05) is 18.8 Å². The summed E-state index contributed by atoms with van der Waals surface area (Å²) < 4.78 is 1.59. The van der Waals surface area contributed by atoms with Gasteiger partial charge in [-0.2, -0.15) is 0 Å². The molecule has 1 aliphatic rings. The van der Waals surface area contributed by atoms with Crippen LogP contribution >= 0.6 is 0 Å². The molecule has 3 heterocycles. The molecule has 2 aromatic rings. The van der Waals surface area contributed by atoms with Crippen LogP contribution in [0.1, 0.15) is 25.5 Å². The summed E-state index contributed by atoms with van der Waals surface area (Å²) >= 11 is 0. The van der Waals surface area contributed by atoms with E-state index in [2.05, 4.69) is 16.8 Å². The first-order chi connectivity index (χ1) is 9.22. The molecule has 3 rings (SSSR count). The maximum absolute atomic E-state index is 12.0. The summed E-state index contributed by atoms with van der Waals surface area (Å²) in [6.45, 7) is 5.30. The van der Waals surface area contributed by atoms with Gasteiger partial charge < -0.3 is 0 Å². The van der Waals surface area contributed by atoms with Gasteiger partial charge in [0.2, 0.25) is 0 Å². The summed E-state index contributed by atoms with van der Waals surface area (Å²) in [5.74, 6) is 0.825. The molecule has 0 atom stereocenters. The first kappa shape index (κ1) is 12.4. The highest BCUT2D eigenvalue weighted by Gasteiger charge is 2.16. The fraction of sp³-hybridized carbons (Fsp3) is 0.467. The quantitative estimate of drug-likeness (QED) is 0.825. The van der Waals surface area contributed by atoms with Crippen LogP contribution in [0.4, 0.5) is 0 Å². The first-order valence-electron chi connectivity index (χ1n) is 6.92. The number of rotatable bonds is 2. The highest BCUT2D eigenvalue weighted by molar-refractivity contribution is 5.37. The summed E-state index contributed by atoms with van der Waals surface area (Å²) in [5, 5.41) is 0. The van der Waals surface area contributed by atoms with Crippen LogP contribution in [0.3, 0.4) is 0 Å². The molecular weight excluding hydrogens is 238 g/mol. The van der Waals surface area contributed by atoms with Crippen LogP contribution in [0.5, 0.6) is 0 Å². The Balaban J connectivity index is 1.83. The Morgan fingerprint density at radius 3 is 2.89 bits per heavy atom. The molecule has 2 aromatic heterocycles. The Kier molecular flexibility index (Phi) is 3.34. The van der Waals surface area contributed by atoms with Crippen molar-refractivity contribution in [1.29, 1.82) is 0 Å². The molecule has 1 saturated heterocycles. The van der Waals surface area contributed by atoms with Crippen molar-refractivity contribution in [2.24, 2.45) is 5.92 Å². The minimum absolute atomic E-state index is 0.00553. The third-order valence-corrected chi connectivity index (χ3v) is 3.89. The number of piperidine rings is 1. The van der Waals surface area contributed by atoms with Crippen LogP contribution in [0.2, 0.25) is 0 Å². The number of pyridine rings is 1. The van der Waals surface area contributed by atoms with Crippen LogP contribution in [0.15, 0.2) is 35.3 Å². The van der Waals surface area contributed by atoms with E-state index < -0.39 is 0 Å². The average molecular weight is 257 g/mol.